The highest BCUT2D eigenvalue weighted by Crippen LogP contribution is 2.25. The van der Waals surface area contributed by atoms with E-state index in [0.29, 0.717) is 11.6 Å². The van der Waals surface area contributed by atoms with E-state index in [1.54, 1.807) is 6.20 Å². The number of carbonyl (C=O) groups is 2. The molecule has 3 rings (SSSR count). The van der Waals surface area contributed by atoms with Crippen LogP contribution in [0.1, 0.15) is 17.3 Å². The van der Waals surface area contributed by atoms with E-state index in [0.717, 1.165) is 29.7 Å². The number of nitrogens with zero attached hydrogens (tertiary/aromatic N) is 2. The lowest BCUT2D eigenvalue weighted by Gasteiger charge is -2.25. The zero-order valence-electron chi connectivity index (χ0n) is 12.2. The number of nitrogens with one attached hydrogen (secondary N) is 2. The molecule has 0 unspecified atom stereocenters. The van der Waals surface area contributed by atoms with Crippen molar-refractivity contribution in [2.75, 3.05) is 13.1 Å². The van der Waals surface area contributed by atoms with Crippen LogP contribution in [0.15, 0.2) is 12.3 Å². The van der Waals surface area contributed by atoms with Gasteiger partial charge in [0.1, 0.15) is 0 Å². The Balaban J connectivity index is 0.000000256. The smallest absolute Gasteiger partial charge is 0.475 e. The first-order valence-electron chi connectivity index (χ1n) is 6.80. The number of alkyl halides is 3. The van der Waals surface area contributed by atoms with Crippen molar-refractivity contribution in [2.45, 2.75) is 18.5 Å². The summed E-state index contributed by atoms with van der Waals surface area (Å²) < 4.78 is 31.7. The van der Waals surface area contributed by atoms with Crippen molar-refractivity contribution in [2.24, 2.45) is 5.73 Å². The minimum Gasteiger partial charge on any atom is -0.475 e. The predicted molar refractivity (Wildman–Crippen MR) is 76.1 cm³/mol. The first kappa shape index (κ1) is 17.7. The van der Waals surface area contributed by atoms with Gasteiger partial charge in [-0.25, -0.2) is 4.79 Å². The number of hydrogen-bond donors (Lipinski definition) is 4. The molecular weight excluding hydrogens is 331 g/mol. The number of aliphatic carboxylic acids is 1. The average molecular weight is 345 g/mol. The number of aromatic amines is 1. The maximum atomic E-state index is 10.8. The van der Waals surface area contributed by atoms with Crippen LogP contribution in [0.2, 0.25) is 0 Å². The highest BCUT2D eigenvalue weighted by Gasteiger charge is 2.38. The van der Waals surface area contributed by atoms with Crippen LogP contribution < -0.4 is 11.1 Å². The van der Waals surface area contributed by atoms with E-state index in [1.807, 2.05) is 6.07 Å². The van der Waals surface area contributed by atoms with Crippen LogP contribution in [-0.2, 0) is 16.0 Å². The molecule has 2 aromatic heterocycles. The topological polar surface area (TPSA) is 134 Å². The normalized spacial score (nSPS) is 14.6. The third-order valence-corrected chi connectivity index (χ3v) is 3.31. The van der Waals surface area contributed by atoms with E-state index >= 15 is 0 Å². The van der Waals surface area contributed by atoms with E-state index in [1.165, 1.54) is 0 Å². The summed E-state index contributed by atoms with van der Waals surface area (Å²) in [6.07, 6.45) is -3.16. The van der Waals surface area contributed by atoms with Crippen LogP contribution in [0.5, 0.6) is 0 Å². The van der Waals surface area contributed by atoms with Gasteiger partial charge in [-0.2, -0.15) is 18.3 Å². The number of carbonyl (C=O) groups excluding carboxylic acids is 1. The van der Waals surface area contributed by atoms with Crippen molar-refractivity contribution in [1.82, 2.24) is 20.5 Å². The molecule has 1 aliphatic rings. The molecule has 11 heteroatoms. The quantitative estimate of drug-likeness (QED) is 0.632. The highest BCUT2D eigenvalue weighted by atomic mass is 19.4. The summed E-state index contributed by atoms with van der Waals surface area (Å²) in [6, 6.07) is 1.81. The van der Waals surface area contributed by atoms with Gasteiger partial charge in [-0.3, -0.25) is 14.9 Å². The van der Waals surface area contributed by atoms with Gasteiger partial charge in [-0.05, 0) is 6.07 Å². The predicted octanol–water partition coefficient (Wildman–Crippen LogP) is 0.306. The molecule has 0 radical (unpaired) electrons. The van der Waals surface area contributed by atoms with Crippen molar-refractivity contribution < 1.29 is 27.9 Å². The van der Waals surface area contributed by atoms with Crippen LogP contribution in [-0.4, -0.2) is 51.4 Å². The number of aromatic nitrogens is 3. The fourth-order valence-electron chi connectivity index (χ4n) is 2.05. The molecule has 1 saturated heterocycles. The fraction of sp³-hybridized carbons (Fsp3) is 0.385. The lowest BCUT2D eigenvalue weighted by molar-refractivity contribution is -0.192. The molecule has 0 bridgehead atoms. The molecule has 8 nitrogen and oxygen atoms in total. The summed E-state index contributed by atoms with van der Waals surface area (Å²) in [5, 5.41) is 18.7. The molecule has 130 valence electrons. The molecule has 5 N–H and O–H groups in total. The second kappa shape index (κ2) is 6.83. The van der Waals surface area contributed by atoms with Crippen molar-refractivity contribution in [1.29, 1.82) is 0 Å². The third kappa shape index (κ3) is 4.19. The number of carboxylic acid groups (broad SMARTS) is 1. The molecule has 3 heterocycles. The fourth-order valence-corrected chi connectivity index (χ4v) is 2.05. The number of halogens is 3. The first-order chi connectivity index (χ1) is 11.2. The molecule has 1 aliphatic heterocycles. The maximum Gasteiger partial charge on any atom is 0.490 e. The molecule has 24 heavy (non-hydrogen) atoms. The number of fused-ring (bicyclic) bond motifs is 1. The van der Waals surface area contributed by atoms with E-state index < -0.39 is 12.1 Å². The lowest BCUT2D eigenvalue weighted by Crippen LogP contribution is -2.40. The Morgan fingerprint density at radius 1 is 1.38 bits per heavy atom. The third-order valence-electron chi connectivity index (χ3n) is 3.31. The van der Waals surface area contributed by atoms with E-state index in [2.05, 4.69) is 20.5 Å². The summed E-state index contributed by atoms with van der Waals surface area (Å²) in [5.74, 6) is -2.65. The van der Waals surface area contributed by atoms with Gasteiger partial charge in [-0.15, -0.1) is 0 Å². The zero-order chi connectivity index (χ0) is 17.9. The van der Waals surface area contributed by atoms with Crippen molar-refractivity contribution >= 4 is 22.8 Å². The number of pyridine rings is 1. The molecule has 0 spiro atoms. The molecule has 0 atom stereocenters. The first-order valence-corrected chi connectivity index (χ1v) is 6.80. The van der Waals surface area contributed by atoms with Crippen molar-refractivity contribution in [3.8, 4) is 0 Å². The highest BCUT2D eigenvalue weighted by molar-refractivity contribution is 5.83. The van der Waals surface area contributed by atoms with Gasteiger partial charge < -0.3 is 16.2 Å². The second-order valence-electron chi connectivity index (χ2n) is 5.13. The van der Waals surface area contributed by atoms with Gasteiger partial charge in [0.05, 0.1) is 23.3 Å². The Hall–Kier alpha value is -2.69. The summed E-state index contributed by atoms with van der Waals surface area (Å²) >= 11 is 0. The van der Waals surface area contributed by atoms with Gasteiger partial charge in [0.25, 0.3) is 0 Å². The molecule has 1 fully saturated rings. The summed E-state index contributed by atoms with van der Waals surface area (Å²) in [6.45, 7) is 1.95. The Kier molecular flexibility index (Phi) is 5.02. The van der Waals surface area contributed by atoms with Crippen LogP contribution >= 0.6 is 0 Å². The Morgan fingerprint density at radius 3 is 2.46 bits per heavy atom. The molecule has 2 aromatic rings. The maximum absolute atomic E-state index is 10.8. The Bertz CT molecular complexity index is 755. The monoisotopic (exact) mass is 345 g/mol. The minimum atomic E-state index is -5.08. The van der Waals surface area contributed by atoms with E-state index in [-0.39, 0.29) is 12.3 Å². The number of amides is 1. The second-order valence-corrected chi connectivity index (χ2v) is 5.13. The van der Waals surface area contributed by atoms with Crippen molar-refractivity contribution in [3.63, 3.8) is 0 Å². The zero-order valence-corrected chi connectivity index (χ0v) is 12.2. The Labute approximate surface area is 133 Å². The van der Waals surface area contributed by atoms with Gasteiger partial charge in [-0.1, -0.05) is 0 Å². The average Bonchev–Trinajstić information content (AvgIpc) is 2.79. The number of carboxylic acids is 1. The van der Waals surface area contributed by atoms with Gasteiger partial charge in [0.15, 0.2) is 0 Å². The van der Waals surface area contributed by atoms with Gasteiger partial charge in [0, 0.05) is 30.6 Å². The molecule has 1 amide bonds. The number of rotatable bonds is 3. The standard InChI is InChI=1S/C11H13N5O.C2HF3O2/c12-10(17)2-7-1-9-8(5-14-7)11(16-15-9)6-3-13-4-6;3-2(4,5)1(6)7/h1,5-6,13H,2-4H2,(H2,12,17)(H,15,16);(H,6,7). The van der Waals surface area contributed by atoms with Crippen LogP contribution in [0.25, 0.3) is 10.9 Å². The molecule has 0 saturated carbocycles. The summed E-state index contributed by atoms with van der Waals surface area (Å²) in [5.41, 5.74) is 7.77. The van der Waals surface area contributed by atoms with Crippen LogP contribution in [0.4, 0.5) is 13.2 Å². The number of nitrogens with two attached hydrogens (primary N) is 1. The SMILES string of the molecule is NC(=O)Cc1cc2n[nH]c(C3CNC3)c2cn1.O=C(O)C(F)(F)F. The van der Waals surface area contributed by atoms with Gasteiger partial charge >= 0.3 is 12.1 Å². The van der Waals surface area contributed by atoms with Crippen LogP contribution in [0.3, 0.4) is 0 Å². The van der Waals surface area contributed by atoms with Crippen molar-refractivity contribution in [3.05, 3.63) is 23.7 Å². The molecular formula is C13H14F3N5O3. The molecule has 0 aromatic carbocycles. The number of H-pyrrole nitrogens is 1. The lowest BCUT2D eigenvalue weighted by atomic mass is 9.97. The minimum absolute atomic E-state index is 0.156. The molecule has 0 aliphatic carbocycles. The number of primary amides is 1. The van der Waals surface area contributed by atoms with E-state index in [4.69, 9.17) is 15.6 Å². The Morgan fingerprint density at radius 2 is 2.00 bits per heavy atom. The number of hydrogen-bond acceptors (Lipinski definition) is 5. The van der Waals surface area contributed by atoms with E-state index in [9.17, 15) is 18.0 Å². The van der Waals surface area contributed by atoms with Gasteiger partial charge in [0.2, 0.25) is 5.91 Å². The van der Waals surface area contributed by atoms with Crippen LogP contribution in [0, 0.1) is 0 Å². The summed E-state index contributed by atoms with van der Waals surface area (Å²) in [4.78, 5) is 24.0. The largest absolute Gasteiger partial charge is 0.490 e. The summed E-state index contributed by atoms with van der Waals surface area (Å²) in [7, 11) is 0.